The van der Waals surface area contributed by atoms with Crippen molar-refractivity contribution in [3.05, 3.63) is 40.7 Å². The van der Waals surface area contributed by atoms with Gasteiger partial charge >= 0.3 is 0 Å². The summed E-state index contributed by atoms with van der Waals surface area (Å²) in [6.07, 6.45) is -0.532. The molecule has 1 nitrogen and oxygen atoms in total. The van der Waals surface area contributed by atoms with E-state index in [2.05, 4.69) is 6.92 Å². The number of halogens is 2. The Balaban J connectivity index is 3.05. The van der Waals surface area contributed by atoms with E-state index in [1.807, 2.05) is 0 Å². The molecule has 1 rings (SSSR count). The zero-order valence-electron chi connectivity index (χ0n) is 7.30. The number of aliphatic hydroxyl groups excluding tert-OH is 1. The van der Waals surface area contributed by atoms with Crippen LogP contribution in [0.25, 0.3) is 0 Å². The summed E-state index contributed by atoms with van der Waals surface area (Å²) in [5.41, 5.74) is 0.782. The zero-order valence-corrected chi connectivity index (χ0v) is 8.81. The Bertz CT molecular complexity index is 297. The van der Waals surface area contributed by atoms with Crippen LogP contribution < -0.4 is 0 Å². The number of rotatable bonds is 2. The lowest BCUT2D eigenvalue weighted by Gasteiger charge is -2.16. The highest BCUT2D eigenvalue weighted by Crippen LogP contribution is 2.29. The molecule has 0 aliphatic rings. The third-order valence-electron chi connectivity index (χ3n) is 1.94. The summed E-state index contributed by atoms with van der Waals surface area (Å²) in [6, 6.07) is 5.15. The first-order valence-corrected chi connectivity index (χ1v) is 4.74. The first-order valence-electron chi connectivity index (χ1n) is 3.98. The molecule has 0 saturated heterocycles. The molecule has 1 aromatic carbocycles. The Morgan fingerprint density at radius 1 is 1.38 bits per heavy atom. The molecular weight excluding hydrogens is 207 g/mol. The van der Waals surface area contributed by atoms with Gasteiger partial charge in [-0.25, -0.2) is 0 Å². The highest BCUT2D eigenvalue weighted by Gasteiger charge is 2.14. The minimum absolute atomic E-state index is 0.244. The fraction of sp³-hybridized carbons (Fsp3) is 0.300. The first-order chi connectivity index (χ1) is 6.02. The zero-order chi connectivity index (χ0) is 10.0. The molecule has 0 heterocycles. The molecule has 71 valence electrons. The van der Waals surface area contributed by atoms with Crippen LogP contribution in [0.5, 0.6) is 0 Å². The molecule has 2 atom stereocenters. The Morgan fingerprint density at radius 3 is 2.54 bits per heavy atom. The van der Waals surface area contributed by atoms with Gasteiger partial charge in [0.1, 0.15) is 0 Å². The van der Waals surface area contributed by atoms with Crippen molar-refractivity contribution in [2.75, 3.05) is 0 Å². The van der Waals surface area contributed by atoms with Crippen molar-refractivity contribution in [3.63, 3.8) is 0 Å². The van der Waals surface area contributed by atoms with Gasteiger partial charge < -0.3 is 5.11 Å². The van der Waals surface area contributed by atoms with Crippen LogP contribution in [-0.4, -0.2) is 11.2 Å². The molecule has 0 saturated carbocycles. The van der Waals surface area contributed by atoms with Crippen molar-refractivity contribution in [3.8, 4) is 0 Å². The van der Waals surface area contributed by atoms with Crippen LogP contribution in [0.4, 0.5) is 0 Å². The second-order valence-corrected chi connectivity index (χ2v) is 3.86. The maximum Gasteiger partial charge on any atom is 0.0581 e. The molecular formula is C10H11Cl2O. The van der Waals surface area contributed by atoms with Gasteiger partial charge in [0.15, 0.2) is 0 Å². The van der Waals surface area contributed by atoms with E-state index in [4.69, 9.17) is 23.2 Å². The number of benzene rings is 1. The van der Waals surface area contributed by atoms with Crippen molar-refractivity contribution in [2.24, 2.45) is 0 Å². The summed E-state index contributed by atoms with van der Waals surface area (Å²) in [5, 5.41) is 10.5. The monoisotopic (exact) mass is 217 g/mol. The maximum absolute atomic E-state index is 9.33. The molecule has 0 spiro atoms. The lowest BCUT2D eigenvalue weighted by atomic mass is 9.96. The lowest BCUT2D eigenvalue weighted by Crippen LogP contribution is -2.11. The summed E-state index contributed by atoms with van der Waals surface area (Å²) in [5.74, 6) is -0.244. The second kappa shape index (κ2) is 4.32. The van der Waals surface area contributed by atoms with Crippen molar-refractivity contribution in [1.82, 2.24) is 0 Å². The van der Waals surface area contributed by atoms with Gasteiger partial charge in [0.05, 0.1) is 6.10 Å². The quantitative estimate of drug-likeness (QED) is 0.807. The highest BCUT2D eigenvalue weighted by atomic mass is 35.5. The molecule has 3 heteroatoms. The van der Waals surface area contributed by atoms with Crippen LogP contribution in [0, 0.1) is 6.92 Å². The van der Waals surface area contributed by atoms with Crippen molar-refractivity contribution in [2.45, 2.75) is 18.9 Å². The summed E-state index contributed by atoms with van der Waals surface area (Å²) in [4.78, 5) is 0. The van der Waals surface area contributed by atoms with Crippen LogP contribution in [0.3, 0.4) is 0 Å². The number of hydrogen-bond donors (Lipinski definition) is 1. The molecule has 0 aliphatic heterocycles. The molecule has 13 heavy (non-hydrogen) atoms. The minimum atomic E-state index is -0.532. The van der Waals surface area contributed by atoms with Gasteiger partial charge in [-0.1, -0.05) is 23.2 Å². The van der Waals surface area contributed by atoms with Crippen LogP contribution in [0.2, 0.25) is 10.0 Å². The fourth-order valence-electron chi connectivity index (χ4n) is 1.06. The fourth-order valence-corrected chi connectivity index (χ4v) is 1.50. The third kappa shape index (κ3) is 2.60. The van der Waals surface area contributed by atoms with Gasteiger partial charge in [-0.05, 0) is 37.6 Å². The smallest absolute Gasteiger partial charge is 0.0581 e. The molecule has 0 aliphatic carbocycles. The minimum Gasteiger partial charge on any atom is -0.393 e. The Hall–Kier alpha value is -0.240. The number of hydrogen-bond acceptors (Lipinski definition) is 1. The van der Waals surface area contributed by atoms with Crippen LogP contribution in [-0.2, 0) is 0 Å². The second-order valence-electron chi connectivity index (χ2n) is 3.01. The molecule has 0 amide bonds. The molecule has 2 unspecified atom stereocenters. The summed E-state index contributed by atoms with van der Waals surface area (Å²) in [7, 11) is 0. The summed E-state index contributed by atoms with van der Waals surface area (Å²) >= 11 is 11.7. The van der Waals surface area contributed by atoms with E-state index in [1.54, 1.807) is 25.1 Å². The molecule has 0 fully saturated rings. The standard InChI is InChI=1S/C10H11Cl2O/c1-6(7(2)13)9-5-8(11)3-4-10(9)12/h3-7,13H,1H2,2H3. The Kier molecular flexibility index (Phi) is 3.60. The Labute approximate surface area is 88.3 Å². The van der Waals surface area contributed by atoms with Gasteiger partial charge in [0.25, 0.3) is 0 Å². The van der Waals surface area contributed by atoms with Gasteiger partial charge in [-0.15, -0.1) is 0 Å². The summed E-state index contributed by atoms with van der Waals surface area (Å²) in [6.45, 7) is 5.49. The van der Waals surface area contributed by atoms with E-state index in [0.717, 1.165) is 5.56 Å². The predicted molar refractivity (Wildman–Crippen MR) is 56.2 cm³/mol. The SMILES string of the molecule is [CH2]C(c1cc(Cl)ccc1Cl)C(C)O. The van der Waals surface area contributed by atoms with E-state index < -0.39 is 6.10 Å². The maximum atomic E-state index is 9.33. The molecule has 1 radical (unpaired) electrons. The van der Waals surface area contributed by atoms with E-state index in [0.29, 0.717) is 10.0 Å². The lowest BCUT2D eigenvalue weighted by molar-refractivity contribution is 0.178. The van der Waals surface area contributed by atoms with Gasteiger partial charge in [0, 0.05) is 16.0 Å². The molecule has 1 N–H and O–H groups in total. The highest BCUT2D eigenvalue weighted by molar-refractivity contribution is 6.33. The predicted octanol–water partition coefficient (Wildman–Crippen LogP) is 3.29. The van der Waals surface area contributed by atoms with Crippen LogP contribution in [0.1, 0.15) is 18.4 Å². The van der Waals surface area contributed by atoms with Gasteiger partial charge in [-0.2, -0.15) is 0 Å². The largest absolute Gasteiger partial charge is 0.393 e. The van der Waals surface area contributed by atoms with Gasteiger partial charge in [0.2, 0.25) is 0 Å². The Morgan fingerprint density at radius 2 is 2.00 bits per heavy atom. The van der Waals surface area contributed by atoms with Crippen LogP contribution >= 0.6 is 23.2 Å². The molecule has 0 aromatic heterocycles. The van der Waals surface area contributed by atoms with E-state index in [9.17, 15) is 5.11 Å². The average Bonchev–Trinajstić information content (AvgIpc) is 2.08. The van der Waals surface area contributed by atoms with E-state index >= 15 is 0 Å². The number of aliphatic hydroxyl groups is 1. The van der Waals surface area contributed by atoms with Crippen LogP contribution in [0.15, 0.2) is 18.2 Å². The van der Waals surface area contributed by atoms with E-state index in [-0.39, 0.29) is 5.92 Å². The van der Waals surface area contributed by atoms with Gasteiger partial charge in [-0.3, -0.25) is 0 Å². The topological polar surface area (TPSA) is 20.2 Å². The van der Waals surface area contributed by atoms with Crippen molar-refractivity contribution in [1.29, 1.82) is 0 Å². The third-order valence-corrected chi connectivity index (χ3v) is 2.52. The molecule has 0 bridgehead atoms. The normalized spacial score (nSPS) is 15.5. The van der Waals surface area contributed by atoms with E-state index in [1.165, 1.54) is 0 Å². The van der Waals surface area contributed by atoms with Crippen molar-refractivity contribution < 1.29 is 5.11 Å². The molecule has 1 aromatic rings. The average molecular weight is 218 g/mol. The first kappa shape index (κ1) is 10.8. The van der Waals surface area contributed by atoms with Crippen molar-refractivity contribution >= 4 is 23.2 Å². The summed E-state index contributed by atoms with van der Waals surface area (Å²) < 4.78 is 0.